The molecule has 0 spiro atoms. The molecule has 0 heterocycles. The Balaban J connectivity index is 1.94. The maximum absolute atomic E-state index is 6.79. The van der Waals surface area contributed by atoms with Crippen LogP contribution in [-0.4, -0.2) is 43.8 Å². The Morgan fingerprint density at radius 1 is 0.912 bits per heavy atom. The third-order valence-electron chi connectivity index (χ3n) is 5.11. The van der Waals surface area contributed by atoms with E-state index in [1.165, 1.54) is 9.78 Å². The number of rotatable bonds is 11. The van der Waals surface area contributed by atoms with Crippen LogP contribution in [0.1, 0.15) is 59.9 Å². The molecular formula is C29H41O3SeSi. The molecule has 1 unspecified atom stereocenters. The van der Waals surface area contributed by atoms with Crippen LogP contribution in [0.3, 0.4) is 0 Å². The van der Waals surface area contributed by atoms with Gasteiger partial charge in [0.15, 0.2) is 0 Å². The van der Waals surface area contributed by atoms with E-state index in [1.807, 2.05) is 24.3 Å². The molecule has 0 aliphatic heterocycles. The zero-order chi connectivity index (χ0) is 25.0. The van der Waals surface area contributed by atoms with Gasteiger partial charge in [-0.2, -0.15) is 0 Å². The molecule has 0 saturated carbocycles. The van der Waals surface area contributed by atoms with Gasteiger partial charge < -0.3 is 4.74 Å². The Morgan fingerprint density at radius 3 is 2.15 bits per heavy atom. The van der Waals surface area contributed by atoms with E-state index in [0.717, 1.165) is 24.2 Å². The van der Waals surface area contributed by atoms with E-state index in [2.05, 4.69) is 83.7 Å². The SMILES string of the molecule is COc1ccc(COCC#CC(CCC[Se]c2ccccc2)O[Si](C(C)(C)C)C(C)(C)C)cc1. The van der Waals surface area contributed by atoms with E-state index in [9.17, 15) is 0 Å². The van der Waals surface area contributed by atoms with Gasteiger partial charge in [-0.1, -0.05) is 0 Å². The monoisotopic (exact) mass is 545 g/mol. The van der Waals surface area contributed by atoms with Crippen molar-refractivity contribution in [2.24, 2.45) is 0 Å². The van der Waals surface area contributed by atoms with Crippen LogP contribution in [0.5, 0.6) is 5.75 Å². The van der Waals surface area contributed by atoms with Crippen LogP contribution in [0.25, 0.3) is 0 Å². The fourth-order valence-corrected chi connectivity index (χ4v) is 9.15. The van der Waals surface area contributed by atoms with Gasteiger partial charge in [0.2, 0.25) is 0 Å². The molecule has 0 aliphatic rings. The quantitative estimate of drug-likeness (QED) is 0.186. The van der Waals surface area contributed by atoms with Gasteiger partial charge in [-0.05, 0) is 0 Å². The fourth-order valence-electron chi connectivity index (χ4n) is 3.85. The molecule has 5 heteroatoms. The molecular weight excluding hydrogens is 503 g/mol. The van der Waals surface area contributed by atoms with E-state index < -0.39 is 9.04 Å². The summed E-state index contributed by atoms with van der Waals surface area (Å²) in [5.41, 5.74) is 1.12. The minimum absolute atomic E-state index is 0.0384. The van der Waals surface area contributed by atoms with Gasteiger partial charge in [0, 0.05) is 0 Å². The molecule has 0 aromatic heterocycles. The standard InChI is InChI=1S/C29H41O3SeSi/c1-28(2,3)34(29(4,5)6)32-26(14-12-22-33-27-15-9-8-10-16-27)13-11-21-31-23-24-17-19-25(30-7)20-18-24/h8-10,15-20,26H,12,14,21-23H2,1-7H3. The molecule has 0 N–H and O–H groups in total. The summed E-state index contributed by atoms with van der Waals surface area (Å²) >= 11 is 0.503. The van der Waals surface area contributed by atoms with E-state index in [4.69, 9.17) is 13.9 Å². The van der Waals surface area contributed by atoms with Crippen molar-refractivity contribution in [2.75, 3.05) is 13.7 Å². The van der Waals surface area contributed by atoms with Crippen molar-refractivity contribution in [3.8, 4) is 17.6 Å². The van der Waals surface area contributed by atoms with Crippen molar-refractivity contribution in [3.63, 3.8) is 0 Å². The second-order valence-electron chi connectivity index (χ2n) is 10.4. The van der Waals surface area contributed by atoms with Crippen molar-refractivity contribution < 1.29 is 13.9 Å². The van der Waals surface area contributed by atoms with Gasteiger partial charge in [0.25, 0.3) is 0 Å². The zero-order valence-electron chi connectivity index (χ0n) is 21.9. The van der Waals surface area contributed by atoms with Crippen LogP contribution in [0.4, 0.5) is 0 Å². The van der Waals surface area contributed by atoms with Crippen LogP contribution < -0.4 is 9.20 Å². The van der Waals surface area contributed by atoms with Gasteiger partial charge in [-0.25, -0.2) is 0 Å². The number of hydrogen-bond donors (Lipinski definition) is 0. The van der Waals surface area contributed by atoms with Crippen molar-refractivity contribution in [1.82, 2.24) is 0 Å². The number of ether oxygens (including phenoxy) is 2. The molecule has 1 atom stereocenters. The molecule has 3 nitrogen and oxygen atoms in total. The first-order valence-electron chi connectivity index (χ1n) is 12.0. The Labute approximate surface area is 215 Å². The molecule has 0 aliphatic carbocycles. The Kier molecular flexibility index (Phi) is 11.9. The summed E-state index contributed by atoms with van der Waals surface area (Å²) in [5, 5.41) is 1.49. The molecule has 0 amide bonds. The number of methoxy groups -OCH3 is 1. The first-order valence-corrected chi connectivity index (χ1v) is 15.5. The summed E-state index contributed by atoms with van der Waals surface area (Å²) in [6.07, 6.45) is 2.06. The van der Waals surface area contributed by atoms with E-state index >= 15 is 0 Å². The average Bonchev–Trinajstić information content (AvgIpc) is 2.78. The van der Waals surface area contributed by atoms with Gasteiger partial charge in [-0.3, -0.25) is 0 Å². The molecule has 0 fully saturated rings. The molecule has 185 valence electrons. The molecule has 0 bridgehead atoms. The Morgan fingerprint density at radius 2 is 1.56 bits per heavy atom. The summed E-state index contributed by atoms with van der Waals surface area (Å²) in [6.45, 7) is 14.7. The Hall–Kier alpha value is -1.54. The van der Waals surface area contributed by atoms with E-state index in [0.29, 0.717) is 28.2 Å². The maximum atomic E-state index is 6.79. The first kappa shape index (κ1) is 28.7. The van der Waals surface area contributed by atoms with Crippen molar-refractivity contribution >= 4 is 28.5 Å². The number of benzene rings is 2. The van der Waals surface area contributed by atoms with Gasteiger partial charge >= 0.3 is 199 Å². The van der Waals surface area contributed by atoms with E-state index in [-0.39, 0.29) is 16.2 Å². The Bertz CT molecular complexity index is 875. The molecule has 34 heavy (non-hydrogen) atoms. The summed E-state index contributed by atoms with van der Waals surface area (Å²) in [7, 11) is 0.571. The van der Waals surface area contributed by atoms with Crippen LogP contribution >= 0.6 is 0 Å². The third kappa shape index (κ3) is 10.8. The molecule has 2 aromatic rings. The van der Waals surface area contributed by atoms with Gasteiger partial charge in [0.1, 0.15) is 5.75 Å². The van der Waals surface area contributed by atoms with Crippen molar-refractivity contribution in [2.45, 2.75) is 82.5 Å². The predicted octanol–water partition coefficient (Wildman–Crippen LogP) is 6.42. The molecule has 2 rings (SSSR count). The zero-order valence-corrected chi connectivity index (χ0v) is 24.7. The molecule has 2 aromatic carbocycles. The topological polar surface area (TPSA) is 27.7 Å². The molecule has 1 radical (unpaired) electrons. The van der Waals surface area contributed by atoms with E-state index in [1.54, 1.807) is 7.11 Å². The summed E-state index contributed by atoms with van der Waals surface area (Å²) in [6, 6.07) is 18.7. The summed E-state index contributed by atoms with van der Waals surface area (Å²) in [4.78, 5) is 0. The van der Waals surface area contributed by atoms with Gasteiger partial charge in [-0.15, -0.1) is 0 Å². The van der Waals surface area contributed by atoms with Crippen molar-refractivity contribution in [1.29, 1.82) is 0 Å². The summed E-state index contributed by atoms with van der Waals surface area (Å²) in [5.74, 6) is 7.51. The second-order valence-corrected chi connectivity index (χ2v) is 16.7. The fraction of sp³-hybridized carbons (Fsp3) is 0.517. The van der Waals surface area contributed by atoms with Crippen molar-refractivity contribution in [3.05, 3.63) is 60.2 Å². The predicted molar refractivity (Wildman–Crippen MR) is 146 cm³/mol. The van der Waals surface area contributed by atoms with Crippen LogP contribution in [0.15, 0.2) is 54.6 Å². The van der Waals surface area contributed by atoms with Crippen LogP contribution in [-0.2, 0) is 15.8 Å². The average molecular weight is 545 g/mol. The second kappa shape index (κ2) is 14.1. The normalized spacial score (nSPS) is 12.8. The minimum atomic E-state index is -1.10. The third-order valence-corrected chi connectivity index (χ3v) is 10.7. The molecule has 0 saturated heterocycles. The summed E-state index contributed by atoms with van der Waals surface area (Å²) < 4.78 is 19.3. The van der Waals surface area contributed by atoms with Crippen LogP contribution in [0, 0.1) is 11.8 Å². The van der Waals surface area contributed by atoms with Crippen LogP contribution in [0.2, 0.25) is 15.4 Å². The first-order chi connectivity index (χ1) is 16.1. The number of hydrogen-bond acceptors (Lipinski definition) is 3. The van der Waals surface area contributed by atoms with Gasteiger partial charge in [0.05, 0.1) is 7.11 Å².